The van der Waals surface area contributed by atoms with Gasteiger partial charge in [-0.3, -0.25) is 9.59 Å². The highest BCUT2D eigenvalue weighted by molar-refractivity contribution is 6.30. The molecule has 2 heterocycles. The zero-order chi connectivity index (χ0) is 17.3. The number of halogens is 1. The zero-order valence-corrected chi connectivity index (χ0v) is 14.2. The van der Waals surface area contributed by atoms with E-state index in [1.165, 1.54) is 6.07 Å². The lowest BCUT2D eigenvalue weighted by molar-refractivity contribution is -0.0587. The molecule has 7 heteroatoms. The number of nitrogens with one attached hydrogen (secondary N) is 1. The van der Waals surface area contributed by atoms with E-state index in [1.54, 1.807) is 29.2 Å². The highest BCUT2D eigenvalue weighted by Gasteiger charge is 2.27. The van der Waals surface area contributed by atoms with Crippen molar-refractivity contribution in [1.29, 1.82) is 0 Å². The number of rotatable bonds is 2. The second-order valence-corrected chi connectivity index (χ2v) is 6.39. The van der Waals surface area contributed by atoms with Crippen LogP contribution >= 0.6 is 11.6 Å². The third-order valence-electron chi connectivity index (χ3n) is 3.79. The number of nitrogens with zero attached hydrogens (tertiary/aromatic N) is 2. The molecule has 2 aromatic rings. The lowest BCUT2D eigenvalue weighted by Crippen LogP contribution is -2.48. The van der Waals surface area contributed by atoms with Gasteiger partial charge in [0.2, 0.25) is 0 Å². The molecule has 1 aromatic carbocycles. The molecule has 1 amide bonds. The van der Waals surface area contributed by atoms with Crippen LogP contribution < -0.4 is 5.56 Å². The van der Waals surface area contributed by atoms with E-state index in [-0.39, 0.29) is 29.4 Å². The highest BCUT2D eigenvalue weighted by Crippen LogP contribution is 2.18. The first-order chi connectivity index (χ1) is 11.4. The number of morpholine rings is 1. The Kier molecular flexibility index (Phi) is 4.69. The van der Waals surface area contributed by atoms with E-state index in [4.69, 9.17) is 16.3 Å². The number of hydrogen-bond acceptors (Lipinski definition) is 4. The van der Waals surface area contributed by atoms with E-state index < -0.39 is 0 Å². The van der Waals surface area contributed by atoms with Gasteiger partial charge in [0.15, 0.2) is 0 Å². The van der Waals surface area contributed by atoms with E-state index >= 15 is 0 Å². The summed E-state index contributed by atoms with van der Waals surface area (Å²) in [4.78, 5) is 33.3. The number of hydrogen-bond donors (Lipinski definition) is 1. The maximum Gasteiger partial charge on any atom is 0.272 e. The predicted octanol–water partition coefficient (Wildman–Crippen LogP) is 2.34. The average Bonchev–Trinajstić information content (AvgIpc) is 2.53. The summed E-state index contributed by atoms with van der Waals surface area (Å²) in [6, 6.07) is 8.13. The highest BCUT2D eigenvalue weighted by atomic mass is 35.5. The summed E-state index contributed by atoms with van der Waals surface area (Å²) in [5.74, 6) is 0.0789. The molecule has 0 spiro atoms. The molecule has 3 rings (SSSR count). The van der Waals surface area contributed by atoms with Crippen LogP contribution in [-0.2, 0) is 4.74 Å². The van der Waals surface area contributed by atoms with Crippen LogP contribution in [0.25, 0.3) is 11.4 Å². The fourth-order valence-electron chi connectivity index (χ4n) is 2.82. The van der Waals surface area contributed by atoms with Crippen LogP contribution in [0.15, 0.2) is 35.1 Å². The first-order valence-electron chi connectivity index (χ1n) is 7.74. The standard InChI is InChI=1S/C17H18ClN3O3/c1-10-8-21(9-11(2)24-10)17(23)14-7-15(22)20-16(19-14)12-3-5-13(18)6-4-12/h3-7,10-11H,8-9H2,1-2H3,(H,19,20,22)/t10-,11+. The van der Waals surface area contributed by atoms with Crippen LogP contribution in [0.3, 0.4) is 0 Å². The summed E-state index contributed by atoms with van der Waals surface area (Å²) in [7, 11) is 0. The normalized spacial score (nSPS) is 20.9. The maximum absolute atomic E-state index is 12.7. The van der Waals surface area contributed by atoms with Crippen molar-refractivity contribution < 1.29 is 9.53 Å². The van der Waals surface area contributed by atoms with Gasteiger partial charge in [0, 0.05) is 29.7 Å². The largest absolute Gasteiger partial charge is 0.372 e. The molecular formula is C17H18ClN3O3. The molecule has 0 unspecified atom stereocenters. The average molecular weight is 348 g/mol. The molecule has 0 aliphatic carbocycles. The van der Waals surface area contributed by atoms with Crippen molar-refractivity contribution in [3.63, 3.8) is 0 Å². The van der Waals surface area contributed by atoms with Crippen molar-refractivity contribution in [3.05, 3.63) is 51.4 Å². The fourth-order valence-corrected chi connectivity index (χ4v) is 2.94. The monoisotopic (exact) mass is 347 g/mol. The smallest absolute Gasteiger partial charge is 0.272 e. The first kappa shape index (κ1) is 16.7. The van der Waals surface area contributed by atoms with Crippen LogP contribution in [-0.4, -0.2) is 46.1 Å². The third-order valence-corrected chi connectivity index (χ3v) is 4.04. The van der Waals surface area contributed by atoms with Crippen molar-refractivity contribution in [1.82, 2.24) is 14.9 Å². The number of amides is 1. The number of benzene rings is 1. The number of H-pyrrole nitrogens is 1. The predicted molar refractivity (Wildman–Crippen MR) is 91.2 cm³/mol. The Labute approximate surface area is 144 Å². The van der Waals surface area contributed by atoms with Crippen LogP contribution in [0.4, 0.5) is 0 Å². The topological polar surface area (TPSA) is 75.3 Å². The molecule has 126 valence electrons. The molecule has 1 N–H and O–H groups in total. The SMILES string of the molecule is C[C@@H]1CN(C(=O)c2cc(=O)[nH]c(-c3ccc(Cl)cc3)n2)C[C@H](C)O1. The summed E-state index contributed by atoms with van der Waals surface area (Å²) < 4.78 is 5.64. The molecule has 0 radical (unpaired) electrons. The lowest BCUT2D eigenvalue weighted by atomic mass is 10.2. The molecule has 6 nitrogen and oxygen atoms in total. The molecular weight excluding hydrogens is 330 g/mol. The van der Waals surface area contributed by atoms with Crippen LogP contribution in [0.2, 0.25) is 5.02 Å². The molecule has 1 aromatic heterocycles. The molecule has 0 saturated carbocycles. The lowest BCUT2D eigenvalue weighted by Gasteiger charge is -2.35. The molecule has 1 saturated heterocycles. The van der Waals surface area contributed by atoms with Crippen molar-refractivity contribution in [2.75, 3.05) is 13.1 Å². The number of ether oxygens (including phenoxy) is 1. The van der Waals surface area contributed by atoms with Crippen molar-refractivity contribution >= 4 is 17.5 Å². The maximum atomic E-state index is 12.7. The molecule has 1 fully saturated rings. The summed E-state index contributed by atoms with van der Waals surface area (Å²) >= 11 is 5.88. The van der Waals surface area contributed by atoms with Gasteiger partial charge < -0.3 is 14.6 Å². The van der Waals surface area contributed by atoms with Gasteiger partial charge in [0.05, 0.1) is 12.2 Å². The second kappa shape index (κ2) is 6.75. The van der Waals surface area contributed by atoms with Crippen molar-refractivity contribution in [2.45, 2.75) is 26.1 Å². The number of aromatic amines is 1. The minimum Gasteiger partial charge on any atom is -0.372 e. The summed E-state index contributed by atoms with van der Waals surface area (Å²) in [6.45, 7) is 4.79. The van der Waals surface area contributed by atoms with E-state index in [1.807, 2.05) is 13.8 Å². The Morgan fingerprint density at radius 3 is 2.50 bits per heavy atom. The summed E-state index contributed by atoms with van der Waals surface area (Å²) in [5.41, 5.74) is 0.451. The molecule has 0 bridgehead atoms. The molecule has 1 aliphatic heterocycles. The fraction of sp³-hybridized carbons (Fsp3) is 0.353. The van der Waals surface area contributed by atoms with Gasteiger partial charge >= 0.3 is 0 Å². The van der Waals surface area contributed by atoms with E-state index in [0.717, 1.165) is 0 Å². The number of carbonyl (C=O) groups is 1. The first-order valence-corrected chi connectivity index (χ1v) is 8.12. The second-order valence-electron chi connectivity index (χ2n) is 5.95. The summed E-state index contributed by atoms with van der Waals surface area (Å²) in [6.07, 6.45) is -0.0918. The van der Waals surface area contributed by atoms with Gasteiger partial charge in [-0.15, -0.1) is 0 Å². The Bertz CT molecular complexity index is 793. The van der Waals surface area contributed by atoms with Gasteiger partial charge in [0.25, 0.3) is 11.5 Å². The Morgan fingerprint density at radius 2 is 1.88 bits per heavy atom. The van der Waals surface area contributed by atoms with E-state index in [2.05, 4.69) is 9.97 Å². The van der Waals surface area contributed by atoms with Gasteiger partial charge in [-0.2, -0.15) is 0 Å². The van der Waals surface area contributed by atoms with Crippen LogP contribution in [0.1, 0.15) is 24.3 Å². The van der Waals surface area contributed by atoms with Crippen molar-refractivity contribution in [2.24, 2.45) is 0 Å². The van der Waals surface area contributed by atoms with Crippen LogP contribution in [0, 0.1) is 0 Å². The zero-order valence-electron chi connectivity index (χ0n) is 13.5. The molecule has 24 heavy (non-hydrogen) atoms. The third kappa shape index (κ3) is 3.66. The number of aromatic nitrogens is 2. The molecule has 1 aliphatic rings. The van der Waals surface area contributed by atoms with Gasteiger partial charge in [0.1, 0.15) is 11.5 Å². The Balaban J connectivity index is 1.92. The van der Waals surface area contributed by atoms with Gasteiger partial charge in [-0.1, -0.05) is 11.6 Å². The molecule has 2 atom stereocenters. The minimum atomic E-state index is -0.368. The Hall–Kier alpha value is -2.18. The van der Waals surface area contributed by atoms with E-state index in [9.17, 15) is 9.59 Å². The summed E-state index contributed by atoms with van der Waals surface area (Å²) in [5, 5.41) is 0.588. The van der Waals surface area contributed by atoms with E-state index in [0.29, 0.717) is 29.5 Å². The minimum absolute atomic E-state index is 0.0459. The van der Waals surface area contributed by atoms with Crippen molar-refractivity contribution in [3.8, 4) is 11.4 Å². The van der Waals surface area contributed by atoms with Gasteiger partial charge in [-0.25, -0.2) is 4.98 Å². The number of carbonyl (C=O) groups excluding carboxylic acids is 1. The van der Waals surface area contributed by atoms with Gasteiger partial charge in [-0.05, 0) is 38.1 Å². The Morgan fingerprint density at radius 1 is 1.25 bits per heavy atom. The quantitative estimate of drug-likeness (QED) is 0.904. The van der Waals surface area contributed by atoms with Crippen LogP contribution in [0.5, 0.6) is 0 Å².